The van der Waals surface area contributed by atoms with Crippen LogP contribution in [0.5, 0.6) is 11.5 Å². The van der Waals surface area contributed by atoms with Gasteiger partial charge in [-0.05, 0) is 124 Å². The van der Waals surface area contributed by atoms with E-state index in [1.807, 2.05) is 0 Å². The molecule has 47 heteroatoms. The molecule has 0 saturated carbocycles. The number of phenols is 2. The summed E-state index contributed by atoms with van der Waals surface area (Å²) in [5, 5.41) is 119. The number of H-pyrrole nitrogens is 1. The average molecular weight is 1890 g/mol. The number of aromatic nitrogens is 2. The van der Waals surface area contributed by atoms with Crippen LogP contribution in [0.1, 0.15) is 121 Å². The molecule has 0 fully saturated rings. The van der Waals surface area contributed by atoms with E-state index in [1.165, 1.54) is 48.9 Å². The molecule has 0 bridgehead atoms. The number of nitrogens with two attached hydrogens (primary N) is 4. The first-order chi connectivity index (χ1) is 64.0. The minimum atomic E-state index is -2.05. The summed E-state index contributed by atoms with van der Waals surface area (Å²) in [7, 11) is 0. The van der Waals surface area contributed by atoms with E-state index in [0.29, 0.717) is 29.5 Å². The fourth-order valence-electron chi connectivity index (χ4n) is 13.5. The minimum Gasteiger partial charge on any atom is -0.508 e. The van der Waals surface area contributed by atoms with Gasteiger partial charge in [-0.1, -0.05) is 119 Å². The highest BCUT2D eigenvalue weighted by atomic mass is 16.4. The largest absolute Gasteiger partial charge is 0.508 e. The highest BCUT2D eigenvalue weighted by Crippen LogP contribution is 2.18. The lowest BCUT2D eigenvalue weighted by Gasteiger charge is -2.29. The standard InChI is InChI=1S/C88H127N23O24/c1-7-47(4)71(110-74(121)57(90)34-52-23-27-55(116)28-24-52)84(131)108-67(44-113)83(130)103-62(36-51-19-12-9-13-20-51)79(126)104-64(38-54-40-94-45-98-54)81(128)107-66(43-112)75(122)97-41-69(119)96-42-70(120)109-72(48(5)114)86(133)111-73(49(6)115)85(132)106-63(37-53-25-29-56(117)30-26-53)80(127)105-65(39-68(91)118)82(129)101-60(33-46(2)3)77(124)99-58(21-14-15-31-89)76(123)102-61(35-50-17-10-8-11-18-50)78(125)100-59(87(134)135)22-16-32-95-88(92)93/h8-13,17-20,23-30,40,45-49,57-67,71-73,112-117H,7,14-16,21-22,31-39,41-44,89-90H2,1-6H3,(H2,91,118)(H,94,98)(H,96,119)(H,97,122)(H,99,124)(H,100,125)(H,101,129)(H,102,123)(H,103,130)(H,104,126)(H,105,127)(H,106,132)(H,107,128)(H,108,131)(H,109,120)(H,110,121)(H,111,133)(H,134,135)(H4,92,93,95)/t47-,48+,49+,57-,58-,59-,60-,61-,62-,63-,64-,65-,66-,67-,71-,72-,73-/m0/s1. The topological polar surface area (TPSA) is 781 Å². The molecule has 0 radical (unpaired) electrons. The Hall–Kier alpha value is -14.3. The van der Waals surface area contributed by atoms with Crippen molar-refractivity contribution in [1.82, 2.24) is 95.0 Å². The number of phenolic OH excluding ortho intramolecular Hbond substituents is 2. The lowest BCUT2D eigenvalue weighted by Crippen LogP contribution is -2.63. The number of imidazole rings is 1. The number of nitrogens with one attached hydrogen (secondary N) is 18. The van der Waals surface area contributed by atoms with Crippen LogP contribution >= 0.6 is 0 Å². The number of aliphatic carboxylic acids is 1. The molecule has 0 spiro atoms. The van der Waals surface area contributed by atoms with Crippen molar-refractivity contribution in [2.75, 3.05) is 39.4 Å². The van der Waals surface area contributed by atoms with E-state index in [1.54, 1.807) is 100 Å². The zero-order chi connectivity index (χ0) is 100. The van der Waals surface area contributed by atoms with Gasteiger partial charge in [0.1, 0.15) is 90.0 Å². The van der Waals surface area contributed by atoms with Crippen LogP contribution in [-0.2, 0) is 114 Å². The zero-order valence-electron chi connectivity index (χ0n) is 75.7. The van der Waals surface area contributed by atoms with Gasteiger partial charge in [-0.2, -0.15) is 0 Å². The first kappa shape index (κ1) is 111. The molecule has 0 aliphatic heterocycles. The number of hydrogen-bond donors (Lipinski definition) is 29. The third-order valence-electron chi connectivity index (χ3n) is 21.2. The van der Waals surface area contributed by atoms with Crippen molar-refractivity contribution in [2.45, 2.75) is 222 Å². The Kier molecular flexibility index (Phi) is 47.1. The van der Waals surface area contributed by atoms with Gasteiger partial charge in [-0.15, -0.1) is 0 Å². The van der Waals surface area contributed by atoms with Gasteiger partial charge < -0.3 is 149 Å². The van der Waals surface area contributed by atoms with Gasteiger partial charge >= 0.3 is 5.97 Å². The molecule has 5 rings (SSSR count). The molecular weight excluding hydrogens is 1760 g/mol. The van der Waals surface area contributed by atoms with E-state index < -0.39 is 248 Å². The van der Waals surface area contributed by atoms with Crippen molar-refractivity contribution in [2.24, 2.45) is 34.8 Å². The maximum atomic E-state index is 14.6. The number of unbranched alkanes of at least 4 members (excludes halogenated alkanes) is 1. The molecule has 0 aliphatic rings. The Labute approximate surface area is 777 Å². The number of amides is 16. The van der Waals surface area contributed by atoms with E-state index in [4.69, 9.17) is 28.3 Å². The van der Waals surface area contributed by atoms with Crippen molar-refractivity contribution in [3.05, 3.63) is 150 Å². The SMILES string of the molecule is CC[C@H](C)[C@H](NC(=O)[C@@H](N)Cc1ccc(O)cc1)C(=O)N[C@@H](CO)C(=O)N[C@@H](Cc1ccccc1)C(=O)N[C@@H](Cc1c[nH]cn1)C(=O)N[C@@H](CO)C(=O)NCC(=O)NCC(=O)N[C@H](C(=O)N[C@H](C(=O)N[C@@H](Cc1ccc(O)cc1)C(=O)N[C@@H](CC(N)=O)C(=O)N[C@@H](CC(C)C)C(=O)N[C@@H](CCCCN)C(=O)N[C@@H](Cc1ccccc1)C(=O)N[C@@H](CCCNC(=N)N)C(=O)O)[C@@H](C)O)[C@@H](C)O. The maximum Gasteiger partial charge on any atom is 0.326 e. The monoisotopic (exact) mass is 1890 g/mol. The van der Waals surface area contributed by atoms with Gasteiger partial charge in [0.05, 0.1) is 63.0 Å². The van der Waals surface area contributed by atoms with Crippen LogP contribution in [0.25, 0.3) is 0 Å². The average Bonchev–Trinajstić information content (AvgIpc) is 1.39. The number of rotatable bonds is 59. The number of aromatic hydroxyl groups is 2. The predicted octanol–water partition coefficient (Wildman–Crippen LogP) is -7.61. The van der Waals surface area contributed by atoms with Gasteiger partial charge in [0.2, 0.25) is 94.5 Å². The van der Waals surface area contributed by atoms with Gasteiger partial charge in [0.15, 0.2) is 5.96 Å². The Balaban J connectivity index is 1.25. The number of guanidine groups is 1. The van der Waals surface area contributed by atoms with Crippen LogP contribution in [0.2, 0.25) is 0 Å². The van der Waals surface area contributed by atoms with Crippen molar-refractivity contribution in [3.63, 3.8) is 0 Å². The Morgan fingerprint density at radius 2 is 0.807 bits per heavy atom. The van der Waals surface area contributed by atoms with E-state index in [9.17, 15) is 117 Å². The summed E-state index contributed by atoms with van der Waals surface area (Å²) in [6.07, 6.45) is -2.48. The van der Waals surface area contributed by atoms with Gasteiger partial charge in [0, 0.05) is 38.4 Å². The summed E-state index contributed by atoms with van der Waals surface area (Å²) < 4.78 is 0. The molecule has 0 saturated heterocycles. The zero-order valence-corrected chi connectivity index (χ0v) is 75.7. The summed E-state index contributed by atoms with van der Waals surface area (Å²) in [5.41, 5.74) is 25.0. The number of aliphatic hydroxyl groups is 4. The number of nitrogens with zero attached hydrogens (tertiary/aromatic N) is 1. The molecule has 0 unspecified atom stereocenters. The molecule has 33 N–H and O–H groups in total. The molecule has 47 nitrogen and oxygen atoms in total. The number of carboxylic acid groups (broad SMARTS) is 1. The van der Waals surface area contributed by atoms with E-state index >= 15 is 0 Å². The molecule has 1 heterocycles. The summed E-state index contributed by atoms with van der Waals surface area (Å²) in [5.74, 6) is -20.2. The molecule has 738 valence electrons. The van der Waals surface area contributed by atoms with Gasteiger partial charge in [-0.3, -0.25) is 82.1 Å². The number of primary amides is 1. The smallest absolute Gasteiger partial charge is 0.326 e. The quantitative estimate of drug-likeness (QED) is 0.00977. The third-order valence-corrected chi connectivity index (χ3v) is 21.2. The van der Waals surface area contributed by atoms with Crippen molar-refractivity contribution < 1.29 is 117 Å². The fourth-order valence-corrected chi connectivity index (χ4v) is 13.5. The summed E-state index contributed by atoms with van der Waals surface area (Å²) in [4.78, 5) is 243. The van der Waals surface area contributed by atoms with Crippen LogP contribution in [-0.4, -0.2) is 288 Å². The highest BCUT2D eigenvalue weighted by molar-refractivity contribution is 6.01. The number of hydrogen-bond acceptors (Lipinski definition) is 27. The van der Waals surface area contributed by atoms with E-state index in [2.05, 4.69) is 95.0 Å². The van der Waals surface area contributed by atoms with Crippen LogP contribution in [0.15, 0.2) is 122 Å². The molecule has 5 aromatic rings. The van der Waals surface area contributed by atoms with Crippen molar-refractivity contribution in [1.29, 1.82) is 5.41 Å². The van der Waals surface area contributed by atoms with Gasteiger partial charge in [0.25, 0.3) is 0 Å². The molecule has 1 aromatic heterocycles. The predicted molar refractivity (Wildman–Crippen MR) is 485 cm³/mol. The van der Waals surface area contributed by atoms with Gasteiger partial charge in [-0.25, -0.2) is 9.78 Å². The van der Waals surface area contributed by atoms with Crippen LogP contribution < -0.4 is 108 Å². The second-order valence-electron chi connectivity index (χ2n) is 32.8. The minimum absolute atomic E-state index is 0.00904. The lowest BCUT2D eigenvalue weighted by atomic mass is 9.97. The number of aliphatic hydroxyl groups excluding tert-OH is 4. The molecular formula is C88H127N23O24. The van der Waals surface area contributed by atoms with E-state index in [-0.39, 0.29) is 99.6 Å². The second kappa shape index (κ2) is 57.2. The Bertz CT molecular complexity index is 4770. The maximum absolute atomic E-state index is 14.6. The molecule has 135 heavy (non-hydrogen) atoms. The molecule has 0 aliphatic carbocycles. The van der Waals surface area contributed by atoms with Crippen LogP contribution in [0.3, 0.4) is 0 Å². The number of carboxylic acids is 1. The number of carbonyl (C=O) groups is 17. The molecule has 4 aromatic carbocycles. The number of benzene rings is 4. The normalized spacial score (nSPS) is 14.9. The molecule has 16 amide bonds. The highest BCUT2D eigenvalue weighted by Gasteiger charge is 2.40. The van der Waals surface area contributed by atoms with Crippen LogP contribution in [0.4, 0.5) is 0 Å². The number of carbonyl (C=O) groups excluding carboxylic acids is 16. The lowest BCUT2D eigenvalue weighted by molar-refractivity contribution is -0.142. The second-order valence-corrected chi connectivity index (χ2v) is 32.8. The van der Waals surface area contributed by atoms with Crippen molar-refractivity contribution in [3.8, 4) is 11.5 Å². The fraction of sp³-hybridized carbons (Fsp3) is 0.489. The summed E-state index contributed by atoms with van der Waals surface area (Å²) in [6.45, 7) is 5.03. The van der Waals surface area contributed by atoms with Crippen molar-refractivity contribution >= 4 is 106 Å². The Morgan fingerprint density at radius 3 is 1.28 bits per heavy atom. The first-order valence-corrected chi connectivity index (χ1v) is 43.8. The first-order valence-electron chi connectivity index (χ1n) is 43.8. The number of aromatic amines is 1. The summed E-state index contributed by atoms with van der Waals surface area (Å²) in [6, 6.07) is 4.70. The summed E-state index contributed by atoms with van der Waals surface area (Å²) >= 11 is 0. The third kappa shape index (κ3) is 39.6. The van der Waals surface area contributed by atoms with Crippen LogP contribution in [0, 0.1) is 17.2 Å². The Morgan fingerprint density at radius 1 is 0.415 bits per heavy atom. The van der Waals surface area contributed by atoms with E-state index in [0.717, 1.165) is 13.8 Å². The molecule has 17 atom stereocenters.